The smallest absolute Gasteiger partial charge is 0.338 e. The van der Waals surface area contributed by atoms with Crippen LogP contribution in [0.4, 0.5) is 0 Å². The van der Waals surface area contributed by atoms with Crippen LogP contribution in [0.5, 0.6) is 0 Å². The van der Waals surface area contributed by atoms with Gasteiger partial charge in [-0.25, -0.2) is 9.59 Å². The largest absolute Gasteiger partial charge is 0.465 e. The minimum absolute atomic E-state index is 0.0654. The molecule has 6 heteroatoms. The van der Waals surface area contributed by atoms with Gasteiger partial charge in [-0.05, 0) is 34.4 Å². The molecule has 0 saturated carbocycles. The summed E-state index contributed by atoms with van der Waals surface area (Å²) in [5.74, 6) is -0.876. The summed E-state index contributed by atoms with van der Waals surface area (Å²) >= 11 is 7.18. The van der Waals surface area contributed by atoms with E-state index in [-0.39, 0.29) is 23.8 Å². The first-order chi connectivity index (χ1) is 12.5. The van der Waals surface area contributed by atoms with E-state index in [0.29, 0.717) is 11.1 Å². The summed E-state index contributed by atoms with van der Waals surface area (Å²) in [6, 6.07) is 0. The van der Waals surface area contributed by atoms with Gasteiger partial charge in [0.2, 0.25) is 0 Å². The van der Waals surface area contributed by atoms with Gasteiger partial charge in [-0.3, -0.25) is 0 Å². The minimum atomic E-state index is -0.372. The van der Waals surface area contributed by atoms with Crippen LogP contribution in [0, 0.1) is 11.8 Å². The summed E-state index contributed by atoms with van der Waals surface area (Å²) < 4.78 is 11.6. The molecule has 0 N–H and O–H groups in total. The molecule has 0 saturated heterocycles. The number of carbonyl (C=O) groups excluding carboxylic acids is 2. The van der Waals surface area contributed by atoms with Gasteiger partial charge in [0.05, 0.1) is 25.4 Å². The topological polar surface area (TPSA) is 52.6 Å². The van der Waals surface area contributed by atoms with Crippen molar-refractivity contribution in [2.24, 2.45) is 11.8 Å². The van der Waals surface area contributed by atoms with E-state index in [1.54, 1.807) is 12.2 Å². The fraction of sp³-hybridized carbons (Fsp3) is 0.200. The van der Waals surface area contributed by atoms with E-state index in [2.05, 4.69) is 44.0 Å². The van der Waals surface area contributed by atoms with E-state index in [1.165, 1.54) is 14.2 Å². The van der Waals surface area contributed by atoms with Crippen LogP contribution in [0.25, 0.3) is 0 Å². The van der Waals surface area contributed by atoms with Crippen LogP contribution in [0.2, 0.25) is 0 Å². The highest BCUT2D eigenvalue weighted by Crippen LogP contribution is 2.55. The van der Waals surface area contributed by atoms with Crippen molar-refractivity contribution in [3.05, 3.63) is 78.9 Å². The summed E-state index contributed by atoms with van der Waals surface area (Å²) in [6.45, 7) is 0. The first-order valence-corrected chi connectivity index (χ1v) is 9.56. The van der Waals surface area contributed by atoms with Gasteiger partial charge >= 0.3 is 11.9 Å². The van der Waals surface area contributed by atoms with Crippen molar-refractivity contribution in [1.82, 2.24) is 0 Å². The van der Waals surface area contributed by atoms with E-state index in [0.717, 1.165) is 31.3 Å². The second-order valence-corrected chi connectivity index (χ2v) is 7.95. The molecule has 132 valence electrons. The van der Waals surface area contributed by atoms with Gasteiger partial charge in [-0.1, -0.05) is 56.2 Å². The lowest BCUT2D eigenvalue weighted by Crippen LogP contribution is -2.33. The number of methoxy groups -OCH3 is 2. The van der Waals surface area contributed by atoms with Crippen molar-refractivity contribution < 1.29 is 19.1 Å². The third kappa shape index (κ3) is 2.39. The molecule has 0 radical (unpaired) electrons. The van der Waals surface area contributed by atoms with Crippen molar-refractivity contribution in [2.45, 2.75) is 0 Å². The molecule has 0 bridgehead atoms. The number of halogens is 2. The zero-order valence-electron chi connectivity index (χ0n) is 14.0. The van der Waals surface area contributed by atoms with Gasteiger partial charge in [0, 0.05) is 20.8 Å². The first kappa shape index (κ1) is 17.5. The maximum absolute atomic E-state index is 12.3. The molecule has 0 heterocycles. The lowest BCUT2D eigenvalue weighted by atomic mass is 9.62. The Hall–Kier alpha value is -1.92. The molecule has 4 aliphatic carbocycles. The molecule has 26 heavy (non-hydrogen) atoms. The zero-order valence-corrected chi connectivity index (χ0v) is 17.2. The average Bonchev–Trinajstić information content (AvgIpc) is 2.66. The van der Waals surface area contributed by atoms with Gasteiger partial charge in [-0.2, -0.15) is 0 Å². The zero-order chi connectivity index (χ0) is 18.6. The highest BCUT2D eigenvalue weighted by molar-refractivity contribution is 9.12. The van der Waals surface area contributed by atoms with E-state index < -0.39 is 0 Å². The standard InChI is InChI=1S/C20H14Br2O4/c1-25-19(23)13-7-15(21)11-5-6-12-16(22)8-14(20(24)26-2)10-4-3-9(13)17(11)18(10)12/h3-8,17-18H,1-2H3. The van der Waals surface area contributed by atoms with Crippen molar-refractivity contribution in [3.63, 3.8) is 0 Å². The maximum atomic E-state index is 12.3. The summed E-state index contributed by atoms with van der Waals surface area (Å²) in [5.41, 5.74) is 5.02. The van der Waals surface area contributed by atoms with Crippen molar-refractivity contribution in [1.29, 1.82) is 0 Å². The highest BCUT2D eigenvalue weighted by atomic mass is 79.9. The number of rotatable bonds is 2. The summed E-state index contributed by atoms with van der Waals surface area (Å²) in [5, 5.41) is 0. The number of allylic oxidation sites excluding steroid dienone is 10. The number of esters is 2. The van der Waals surface area contributed by atoms with E-state index >= 15 is 0 Å². The Kier molecular flexibility index (Phi) is 4.28. The molecule has 0 spiro atoms. The molecule has 0 aliphatic heterocycles. The Morgan fingerprint density at radius 3 is 1.54 bits per heavy atom. The lowest BCUT2D eigenvalue weighted by molar-refractivity contribution is -0.136. The molecular formula is C20H14Br2O4. The van der Waals surface area contributed by atoms with E-state index in [9.17, 15) is 9.59 Å². The van der Waals surface area contributed by atoms with Crippen LogP contribution >= 0.6 is 31.9 Å². The lowest BCUT2D eigenvalue weighted by Gasteiger charge is -2.42. The van der Waals surface area contributed by atoms with Crippen LogP contribution in [0.1, 0.15) is 0 Å². The Morgan fingerprint density at radius 2 is 1.19 bits per heavy atom. The molecule has 4 nitrogen and oxygen atoms in total. The fourth-order valence-corrected chi connectivity index (χ4v) is 5.17. The summed E-state index contributed by atoms with van der Waals surface area (Å²) in [7, 11) is 2.75. The molecular weight excluding hydrogens is 464 g/mol. The van der Waals surface area contributed by atoms with Crippen LogP contribution in [-0.2, 0) is 19.1 Å². The number of hydrogen-bond donors (Lipinski definition) is 0. The van der Waals surface area contributed by atoms with Crippen LogP contribution in [0.15, 0.2) is 78.9 Å². The molecule has 0 amide bonds. The van der Waals surface area contributed by atoms with E-state index in [4.69, 9.17) is 9.47 Å². The number of hydrogen-bond acceptors (Lipinski definition) is 4. The first-order valence-electron chi connectivity index (χ1n) is 7.98. The third-order valence-electron chi connectivity index (χ3n) is 5.08. The predicted molar refractivity (Wildman–Crippen MR) is 104 cm³/mol. The van der Waals surface area contributed by atoms with Crippen molar-refractivity contribution in [3.8, 4) is 0 Å². The van der Waals surface area contributed by atoms with Crippen LogP contribution in [0.3, 0.4) is 0 Å². The van der Waals surface area contributed by atoms with Gasteiger partial charge in [0.1, 0.15) is 0 Å². The number of carbonyl (C=O) groups is 2. The Labute approximate surface area is 167 Å². The normalized spacial score (nSPS) is 25.7. The number of ether oxygens (including phenoxy) is 2. The Balaban J connectivity index is 2.01. The van der Waals surface area contributed by atoms with Gasteiger partial charge in [-0.15, -0.1) is 0 Å². The highest BCUT2D eigenvalue weighted by Gasteiger charge is 2.44. The van der Waals surface area contributed by atoms with E-state index in [1.807, 2.05) is 12.2 Å². The molecule has 0 aromatic carbocycles. The van der Waals surface area contributed by atoms with Gasteiger partial charge in [0.25, 0.3) is 0 Å². The van der Waals surface area contributed by atoms with Crippen LogP contribution in [-0.4, -0.2) is 26.2 Å². The average molecular weight is 478 g/mol. The third-order valence-corrected chi connectivity index (χ3v) is 6.46. The van der Waals surface area contributed by atoms with Gasteiger partial charge in [0.15, 0.2) is 0 Å². The van der Waals surface area contributed by atoms with Crippen molar-refractivity contribution in [2.75, 3.05) is 14.2 Å². The molecule has 2 atom stereocenters. The second-order valence-electron chi connectivity index (χ2n) is 6.24. The quantitative estimate of drug-likeness (QED) is 0.560. The molecule has 0 aromatic heterocycles. The minimum Gasteiger partial charge on any atom is -0.465 e. The fourth-order valence-electron chi connectivity index (χ4n) is 3.96. The second kappa shape index (κ2) is 6.35. The monoisotopic (exact) mass is 476 g/mol. The summed E-state index contributed by atoms with van der Waals surface area (Å²) in [4.78, 5) is 24.6. The SMILES string of the molecule is COC(=O)C1=C2C=CC3=C(C(=O)OC)C=C(Br)C4=CC=C(C(Br)=C1)C2C43. The molecule has 4 aliphatic rings. The molecule has 2 unspecified atom stereocenters. The molecule has 0 aromatic rings. The summed E-state index contributed by atoms with van der Waals surface area (Å²) in [6.07, 6.45) is 11.5. The Morgan fingerprint density at radius 1 is 0.808 bits per heavy atom. The predicted octanol–water partition coefficient (Wildman–Crippen LogP) is 4.18. The maximum Gasteiger partial charge on any atom is 0.338 e. The molecule has 4 rings (SSSR count). The molecule has 0 fully saturated rings. The van der Waals surface area contributed by atoms with Gasteiger partial charge < -0.3 is 9.47 Å². The van der Waals surface area contributed by atoms with Crippen LogP contribution < -0.4 is 0 Å². The Bertz CT molecular complexity index is 892. The van der Waals surface area contributed by atoms with Crippen molar-refractivity contribution >= 4 is 43.8 Å².